The predicted molar refractivity (Wildman–Crippen MR) is 158 cm³/mol. The lowest BCUT2D eigenvalue weighted by Gasteiger charge is -2.57. The first kappa shape index (κ1) is 31.7. The number of anilines is 1. The molecule has 1 aromatic carbocycles. The Hall–Kier alpha value is -3.73. The molecule has 236 valence electrons. The highest BCUT2D eigenvalue weighted by molar-refractivity contribution is 6.26. The molecule has 44 heavy (non-hydrogen) atoms. The first-order valence-corrected chi connectivity index (χ1v) is 14.5. The lowest BCUT2D eigenvalue weighted by atomic mass is 9.53. The zero-order chi connectivity index (χ0) is 32.7. The van der Waals surface area contributed by atoms with Crippen LogP contribution in [-0.2, 0) is 20.8 Å². The van der Waals surface area contributed by atoms with Gasteiger partial charge in [-0.2, -0.15) is 0 Å². The Morgan fingerprint density at radius 2 is 1.59 bits per heavy atom. The number of rotatable bonds is 3. The van der Waals surface area contributed by atoms with E-state index in [-0.39, 0.29) is 16.7 Å². The van der Waals surface area contributed by atoms with Crippen molar-refractivity contribution in [3.05, 3.63) is 39.7 Å². The van der Waals surface area contributed by atoms with Crippen LogP contribution in [0.5, 0.6) is 5.75 Å². The molecule has 0 saturated heterocycles. The number of benzene rings is 1. The van der Waals surface area contributed by atoms with Gasteiger partial charge in [0.2, 0.25) is 11.4 Å². The summed E-state index contributed by atoms with van der Waals surface area (Å²) in [5.41, 5.74) is -11.2. The molecule has 2 saturated carbocycles. The highest BCUT2D eigenvalue weighted by Gasteiger charge is 2.75. The summed E-state index contributed by atoms with van der Waals surface area (Å²) in [5, 5.41) is 81.0. The van der Waals surface area contributed by atoms with Crippen molar-refractivity contribution in [2.24, 2.45) is 0 Å². The molecule has 0 radical (unpaired) electrons. The number of hydrogen-bond acceptors (Lipinski definition) is 12. The van der Waals surface area contributed by atoms with Crippen molar-refractivity contribution in [2.75, 3.05) is 33.1 Å². The number of aliphatic hydroxyl groups is 6. The van der Waals surface area contributed by atoms with Gasteiger partial charge >= 0.3 is 0 Å². The third-order valence-corrected chi connectivity index (χ3v) is 9.52. The molecule has 1 aromatic rings. The second-order valence-electron chi connectivity index (χ2n) is 13.0. The molecule has 0 heterocycles. The normalized spacial score (nSPS) is 31.2. The van der Waals surface area contributed by atoms with Gasteiger partial charge in [0.05, 0.1) is 16.7 Å². The minimum absolute atomic E-state index is 0.0278. The lowest BCUT2D eigenvalue weighted by Crippen LogP contribution is -2.79. The Labute approximate surface area is 254 Å². The van der Waals surface area contributed by atoms with Crippen molar-refractivity contribution in [1.29, 1.82) is 0 Å². The average Bonchev–Trinajstić information content (AvgIpc) is 2.90. The van der Waals surface area contributed by atoms with Gasteiger partial charge in [0.1, 0.15) is 45.7 Å². The number of Topliss-reactive ketones (excluding diaryl/α,β-unsaturated/α-hetero) is 3. The third kappa shape index (κ3) is 4.22. The summed E-state index contributed by atoms with van der Waals surface area (Å²) in [6.45, 7) is 0.953. The van der Waals surface area contributed by atoms with Crippen molar-refractivity contribution in [1.82, 2.24) is 4.90 Å². The molecule has 4 atom stereocenters. The van der Waals surface area contributed by atoms with Gasteiger partial charge in [0.15, 0.2) is 11.6 Å². The number of likely N-dealkylation sites (N-methyl/N-ethyl adjacent to an activating group) is 1. The Kier molecular flexibility index (Phi) is 7.31. The fourth-order valence-electron chi connectivity index (χ4n) is 7.48. The topological polar surface area (TPSA) is 199 Å². The van der Waals surface area contributed by atoms with Crippen LogP contribution in [0.15, 0.2) is 23.0 Å². The summed E-state index contributed by atoms with van der Waals surface area (Å²) in [7, 11) is 6.07. The van der Waals surface area contributed by atoms with E-state index in [9.17, 15) is 50.1 Å². The van der Waals surface area contributed by atoms with Gasteiger partial charge in [-0.1, -0.05) is 18.3 Å². The second kappa shape index (κ2) is 10.2. The van der Waals surface area contributed by atoms with Crippen LogP contribution in [0, 0.1) is 11.8 Å². The zero-order valence-electron chi connectivity index (χ0n) is 25.4. The zero-order valence-corrected chi connectivity index (χ0v) is 25.4. The van der Waals surface area contributed by atoms with E-state index in [2.05, 4.69) is 11.8 Å². The molecule has 0 spiro atoms. The maximum Gasteiger partial charge on any atom is 0.216 e. The van der Waals surface area contributed by atoms with Crippen molar-refractivity contribution in [3.63, 3.8) is 0 Å². The van der Waals surface area contributed by atoms with E-state index in [1.807, 2.05) is 0 Å². The van der Waals surface area contributed by atoms with Crippen LogP contribution in [0.4, 0.5) is 5.69 Å². The smallest absolute Gasteiger partial charge is 0.216 e. The highest BCUT2D eigenvalue weighted by atomic mass is 16.4. The van der Waals surface area contributed by atoms with Gasteiger partial charge in [0, 0.05) is 32.6 Å². The number of phenolic OH excluding ortho intramolecular Hbond substituents is 1. The molecule has 5 rings (SSSR count). The number of phenols is 1. The summed E-state index contributed by atoms with van der Waals surface area (Å²) >= 11 is 0. The number of carbonyl (C=O) groups excluding carboxylic acids is 3. The number of nitrogens with zero attached hydrogens (tertiary/aromatic N) is 2. The van der Waals surface area contributed by atoms with E-state index >= 15 is 0 Å². The molecular weight excluding hydrogens is 572 g/mol. The summed E-state index contributed by atoms with van der Waals surface area (Å²) in [6, 6.07) is -0.226. The van der Waals surface area contributed by atoms with Crippen molar-refractivity contribution >= 4 is 28.8 Å². The molecule has 0 aliphatic heterocycles. The van der Waals surface area contributed by atoms with E-state index < -0.39 is 87.1 Å². The van der Waals surface area contributed by atoms with E-state index in [0.29, 0.717) is 18.5 Å². The predicted octanol–water partition coefficient (Wildman–Crippen LogP) is 0.410. The Balaban J connectivity index is 1.78. The Morgan fingerprint density at radius 1 is 0.977 bits per heavy atom. The van der Waals surface area contributed by atoms with Crippen LogP contribution in [0.25, 0.3) is 5.76 Å². The Bertz CT molecular complexity index is 1620. The van der Waals surface area contributed by atoms with E-state index in [4.69, 9.17) is 0 Å². The molecule has 2 fully saturated rings. The SMILES string of the molecule is CC(=O)C1=C(O)C2(O)C(=O)C3=C(O)c4c(O)c(C#CC5(O)CCCCC5)cc(N(C)C)c4CC3(O)CC2(O)C(N(C)C)C1=O. The van der Waals surface area contributed by atoms with Gasteiger partial charge in [-0.3, -0.25) is 19.3 Å². The second-order valence-corrected chi connectivity index (χ2v) is 13.0. The minimum Gasteiger partial charge on any atom is -0.508 e. The first-order valence-electron chi connectivity index (χ1n) is 14.5. The molecule has 4 aliphatic rings. The van der Waals surface area contributed by atoms with Crippen molar-refractivity contribution in [2.45, 2.75) is 80.3 Å². The number of aliphatic hydroxyl groups excluding tert-OH is 2. The van der Waals surface area contributed by atoms with E-state index in [1.54, 1.807) is 19.0 Å². The number of carbonyl (C=O) groups is 3. The largest absolute Gasteiger partial charge is 0.508 e. The summed E-state index contributed by atoms with van der Waals surface area (Å²) < 4.78 is 0. The van der Waals surface area contributed by atoms with Gasteiger partial charge < -0.3 is 40.6 Å². The van der Waals surface area contributed by atoms with Crippen LogP contribution >= 0.6 is 0 Å². The third-order valence-electron chi connectivity index (χ3n) is 9.52. The summed E-state index contributed by atoms with van der Waals surface area (Å²) in [6.07, 6.45) is 2.11. The van der Waals surface area contributed by atoms with Crippen LogP contribution in [0.1, 0.15) is 62.1 Å². The maximum absolute atomic E-state index is 14.2. The molecular formula is C32H38N2O10. The van der Waals surface area contributed by atoms with Crippen LogP contribution in [0.2, 0.25) is 0 Å². The lowest BCUT2D eigenvalue weighted by molar-refractivity contribution is -0.216. The average molecular weight is 611 g/mol. The summed E-state index contributed by atoms with van der Waals surface area (Å²) in [5.74, 6) is -0.751. The van der Waals surface area contributed by atoms with Gasteiger partial charge in [-0.05, 0) is 58.3 Å². The Morgan fingerprint density at radius 3 is 2.14 bits per heavy atom. The van der Waals surface area contributed by atoms with E-state index in [1.165, 1.54) is 25.1 Å². The molecule has 0 aromatic heterocycles. The fraction of sp³-hybridized carbons (Fsp3) is 0.531. The van der Waals surface area contributed by atoms with E-state index in [0.717, 1.165) is 26.2 Å². The van der Waals surface area contributed by atoms with Crippen LogP contribution in [-0.4, -0.2) is 115 Å². The highest BCUT2D eigenvalue weighted by Crippen LogP contribution is 2.57. The maximum atomic E-state index is 14.2. The number of hydrogen-bond donors (Lipinski definition) is 7. The summed E-state index contributed by atoms with van der Waals surface area (Å²) in [4.78, 5) is 42.9. The quantitative estimate of drug-likeness (QED) is 0.184. The van der Waals surface area contributed by atoms with Crippen molar-refractivity contribution in [3.8, 4) is 17.6 Å². The van der Waals surface area contributed by atoms with Crippen LogP contribution < -0.4 is 4.90 Å². The standard InChI is InChI=1S/C32H38N2O10/c1-16(35)20-25(38)26(34(4)5)31(43)15-30(42)14-18-19(33(2)3)13-17(9-12-29(41)10-7-6-8-11-29)23(36)21(18)24(37)22(30)28(40)32(31,44)27(20)39/h13,26,36-37,39,41-44H,6-8,10-11,14-15H2,1-5H3. The minimum atomic E-state index is -3.31. The van der Waals surface area contributed by atoms with Crippen molar-refractivity contribution < 1.29 is 50.1 Å². The molecule has 0 amide bonds. The molecule has 7 N–H and O–H groups in total. The molecule has 0 bridgehead atoms. The molecule has 4 unspecified atom stereocenters. The number of fused-ring (bicyclic) bond motifs is 3. The monoisotopic (exact) mass is 610 g/mol. The van der Waals surface area contributed by atoms with Gasteiger partial charge in [-0.15, -0.1) is 0 Å². The fourth-order valence-corrected chi connectivity index (χ4v) is 7.48. The number of aromatic hydroxyl groups is 1. The van der Waals surface area contributed by atoms with Gasteiger partial charge in [-0.25, -0.2) is 0 Å². The molecule has 12 heteroatoms. The van der Waals surface area contributed by atoms with Gasteiger partial charge in [0.25, 0.3) is 0 Å². The first-order chi connectivity index (χ1) is 20.3. The van der Waals surface area contributed by atoms with Crippen LogP contribution in [0.3, 0.4) is 0 Å². The molecule has 12 nitrogen and oxygen atoms in total. The number of ketones is 3. The molecule has 4 aliphatic carbocycles.